The molecular weight excluding hydrogens is 447 g/mol. The quantitative estimate of drug-likeness (QED) is 0.433. The summed E-state index contributed by atoms with van der Waals surface area (Å²) < 4.78 is 14.8. The van der Waals surface area contributed by atoms with E-state index < -0.39 is 0 Å². The Labute approximate surface area is 182 Å². The smallest absolute Gasteiger partial charge is 0.699 e. The normalized spacial score (nSPS) is 15.4. The fourth-order valence-corrected chi connectivity index (χ4v) is 2.84. The van der Waals surface area contributed by atoms with Gasteiger partial charge in [-0.05, 0) is 36.2 Å². The van der Waals surface area contributed by atoms with Gasteiger partial charge >= 0.3 is 16.8 Å². The van der Waals surface area contributed by atoms with E-state index in [-0.39, 0.29) is 28.6 Å². The van der Waals surface area contributed by atoms with Crippen LogP contribution in [0.3, 0.4) is 0 Å². The predicted molar refractivity (Wildman–Crippen MR) is 107 cm³/mol. The summed E-state index contributed by atoms with van der Waals surface area (Å²) in [5.74, 6) is -0.268. The summed E-state index contributed by atoms with van der Waals surface area (Å²) in [4.78, 5) is 0. The minimum absolute atomic E-state index is 0. The van der Waals surface area contributed by atoms with Crippen molar-refractivity contribution in [2.75, 3.05) is 6.54 Å². The van der Waals surface area contributed by atoms with Gasteiger partial charge in [-0.3, -0.25) is 4.68 Å². The molecule has 1 aliphatic rings. The molecular formula is C19H16Cl2CoFN5. The molecule has 28 heavy (non-hydrogen) atoms. The molecule has 147 valence electrons. The molecule has 1 radical (unpaired) electrons. The number of benzene rings is 2. The zero-order valence-corrected chi connectivity index (χ0v) is 17.1. The van der Waals surface area contributed by atoms with Crippen LogP contribution >= 0.6 is 23.2 Å². The largest absolute Gasteiger partial charge is 2.00 e. The van der Waals surface area contributed by atoms with Crippen molar-refractivity contribution in [3.05, 3.63) is 93.5 Å². The molecule has 1 aromatic heterocycles. The molecule has 2 aromatic carbocycles. The van der Waals surface area contributed by atoms with E-state index >= 15 is 0 Å². The number of nitrogens with zero attached hydrogens (tertiary/aromatic N) is 4. The van der Waals surface area contributed by atoms with Crippen LogP contribution in [0, 0.1) is 5.82 Å². The number of halogens is 3. The molecule has 0 spiro atoms. The monoisotopic (exact) mass is 462 g/mol. The summed E-state index contributed by atoms with van der Waals surface area (Å²) in [5.41, 5.74) is 13.2. The standard InChI is InChI=1S/C13H11ClFN4.C6H5ClN.Co/c14-10-7-17-19(8-10)12-5-6-16-18-13(12)9-1-3-11(15)4-2-9;7-5-1-3-6(8)4-2-5;/h1-4,7-8,12H,5-6H2;1-4,8H;/q2*-1;+2. The number of rotatable bonds is 2. The van der Waals surface area contributed by atoms with Gasteiger partial charge in [0, 0.05) is 16.9 Å². The summed E-state index contributed by atoms with van der Waals surface area (Å²) >= 11 is 11.4. The van der Waals surface area contributed by atoms with Crippen LogP contribution in [0.25, 0.3) is 11.2 Å². The predicted octanol–water partition coefficient (Wildman–Crippen LogP) is 6.42. The van der Waals surface area contributed by atoms with Gasteiger partial charge in [-0.15, -0.1) is 12.2 Å². The molecule has 1 unspecified atom stereocenters. The number of hydrogen-bond acceptors (Lipinski definition) is 2. The molecule has 4 rings (SSSR count). The molecule has 0 aliphatic carbocycles. The first kappa shape index (κ1) is 22.2. The number of aromatic nitrogens is 2. The van der Waals surface area contributed by atoms with E-state index in [4.69, 9.17) is 28.9 Å². The molecule has 0 saturated carbocycles. The SMILES string of the molecule is Fc1ccc(C2=N[N-]CCC2n2cc(Cl)cn2)cc1.[Co+2].[NH-]c1ccc(Cl)cc1. The first-order valence-electron chi connectivity index (χ1n) is 8.20. The third kappa shape index (κ3) is 5.97. The Balaban J connectivity index is 0.000000264. The Morgan fingerprint density at radius 3 is 2.29 bits per heavy atom. The molecule has 0 fully saturated rings. The molecule has 0 saturated heterocycles. The van der Waals surface area contributed by atoms with Crippen molar-refractivity contribution in [2.24, 2.45) is 5.10 Å². The summed E-state index contributed by atoms with van der Waals surface area (Å²) in [5, 5.41) is 9.70. The van der Waals surface area contributed by atoms with Gasteiger partial charge in [-0.25, -0.2) is 4.39 Å². The summed E-state index contributed by atoms with van der Waals surface area (Å²) in [7, 11) is 0. The average molecular weight is 463 g/mol. The van der Waals surface area contributed by atoms with E-state index in [0.717, 1.165) is 17.7 Å². The molecule has 0 amide bonds. The van der Waals surface area contributed by atoms with E-state index in [0.29, 0.717) is 22.3 Å². The number of nitrogens with one attached hydrogen (secondary N) is 1. The topological polar surface area (TPSA) is 68.1 Å². The van der Waals surface area contributed by atoms with Crippen LogP contribution in [-0.4, -0.2) is 22.0 Å². The van der Waals surface area contributed by atoms with Crippen molar-refractivity contribution < 1.29 is 21.2 Å². The second kappa shape index (κ2) is 10.5. The molecule has 9 heteroatoms. The molecule has 2 heterocycles. The van der Waals surface area contributed by atoms with Crippen molar-refractivity contribution in [1.82, 2.24) is 9.78 Å². The van der Waals surface area contributed by atoms with Crippen LogP contribution < -0.4 is 0 Å². The van der Waals surface area contributed by atoms with Gasteiger partial charge in [0.2, 0.25) is 0 Å². The van der Waals surface area contributed by atoms with Gasteiger partial charge in [-0.2, -0.15) is 5.10 Å². The molecule has 5 nitrogen and oxygen atoms in total. The minimum atomic E-state index is -0.268. The fraction of sp³-hybridized carbons (Fsp3) is 0.158. The Hall–Kier alpha value is -2.06. The van der Waals surface area contributed by atoms with Gasteiger partial charge in [0.15, 0.2) is 0 Å². The van der Waals surface area contributed by atoms with Gasteiger partial charge in [0.25, 0.3) is 0 Å². The van der Waals surface area contributed by atoms with Crippen LogP contribution in [0.15, 0.2) is 66.0 Å². The second-order valence-corrected chi connectivity index (χ2v) is 6.68. The Kier molecular flexibility index (Phi) is 8.31. The van der Waals surface area contributed by atoms with Crippen LogP contribution in [0.1, 0.15) is 18.0 Å². The van der Waals surface area contributed by atoms with Crippen molar-refractivity contribution in [3.63, 3.8) is 0 Å². The average Bonchev–Trinajstić information content (AvgIpc) is 3.12. The van der Waals surface area contributed by atoms with Gasteiger partial charge in [0.1, 0.15) is 5.82 Å². The Morgan fingerprint density at radius 2 is 1.71 bits per heavy atom. The molecule has 1 atom stereocenters. The van der Waals surface area contributed by atoms with Crippen LogP contribution in [-0.2, 0) is 16.8 Å². The minimum Gasteiger partial charge on any atom is -0.699 e. The second-order valence-electron chi connectivity index (χ2n) is 5.81. The van der Waals surface area contributed by atoms with Crippen molar-refractivity contribution in [3.8, 4) is 0 Å². The first-order valence-corrected chi connectivity index (χ1v) is 8.95. The Bertz CT molecular complexity index is 892. The van der Waals surface area contributed by atoms with E-state index in [9.17, 15) is 4.39 Å². The molecule has 1 N–H and O–H groups in total. The molecule has 0 bridgehead atoms. The van der Waals surface area contributed by atoms with Crippen LogP contribution in [0.5, 0.6) is 0 Å². The van der Waals surface area contributed by atoms with Gasteiger partial charge in [0.05, 0.1) is 17.3 Å². The van der Waals surface area contributed by atoms with E-state index in [2.05, 4.69) is 15.6 Å². The van der Waals surface area contributed by atoms with E-state index in [1.165, 1.54) is 12.1 Å². The summed E-state index contributed by atoms with van der Waals surface area (Å²) in [6, 6.07) is 12.9. The Morgan fingerprint density at radius 1 is 1.04 bits per heavy atom. The first-order chi connectivity index (χ1) is 13.0. The number of hydrogen-bond donors (Lipinski definition) is 0. The maximum atomic E-state index is 13.0. The van der Waals surface area contributed by atoms with Crippen LogP contribution in [0.2, 0.25) is 10.0 Å². The van der Waals surface area contributed by atoms with Gasteiger partial charge < -0.3 is 16.3 Å². The maximum Gasteiger partial charge on any atom is 2.00 e. The van der Waals surface area contributed by atoms with E-state index in [1.54, 1.807) is 53.5 Å². The summed E-state index contributed by atoms with van der Waals surface area (Å²) in [6.07, 6.45) is 4.15. The maximum absolute atomic E-state index is 13.0. The van der Waals surface area contributed by atoms with Crippen LogP contribution in [0.4, 0.5) is 10.1 Å². The van der Waals surface area contributed by atoms with E-state index in [1.807, 2.05) is 0 Å². The van der Waals surface area contributed by atoms with Gasteiger partial charge in [-0.1, -0.05) is 47.5 Å². The van der Waals surface area contributed by atoms with Crippen molar-refractivity contribution >= 4 is 34.6 Å². The molecule has 3 aromatic rings. The summed E-state index contributed by atoms with van der Waals surface area (Å²) in [6.45, 7) is 0.646. The third-order valence-electron chi connectivity index (χ3n) is 3.87. The fourth-order valence-electron chi connectivity index (χ4n) is 2.57. The zero-order chi connectivity index (χ0) is 19.2. The zero-order valence-electron chi connectivity index (χ0n) is 14.5. The molecule has 1 aliphatic heterocycles. The van der Waals surface area contributed by atoms with Crippen molar-refractivity contribution in [2.45, 2.75) is 12.5 Å². The van der Waals surface area contributed by atoms with Crippen molar-refractivity contribution in [1.29, 1.82) is 0 Å². The third-order valence-corrected chi connectivity index (χ3v) is 4.32.